The van der Waals surface area contributed by atoms with Crippen LogP contribution < -0.4 is 0 Å². The first-order valence-electron chi connectivity index (χ1n) is 3.50. The minimum atomic E-state index is 0.333. The summed E-state index contributed by atoms with van der Waals surface area (Å²) in [6.07, 6.45) is 3.73. The van der Waals surface area contributed by atoms with E-state index >= 15 is 0 Å². The monoisotopic (exact) mass is 130 g/mol. The van der Waals surface area contributed by atoms with E-state index < -0.39 is 0 Å². The first-order valence-corrected chi connectivity index (χ1v) is 3.50. The molecule has 0 aliphatic heterocycles. The van der Waals surface area contributed by atoms with Gasteiger partial charge in [0.2, 0.25) is 0 Å². The lowest BCUT2D eigenvalue weighted by molar-refractivity contribution is 0.100. The van der Waals surface area contributed by atoms with E-state index in [-0.39, 0.29) is 0 Å². The molecule has 0 aromatic heterocycles. The Labute approximate surface area is 55.8 Å². The van der Waals surface area contributed by atoms with Crippen molar-refractivity contribution in [3.8, 4) is 0 Å². The molecular weight excluding hydrogens is 116 g/mol. The lowest BCUT2D eigenvalue weighted by Crippen LogP contribution is -2.06. The number of hydrogen-bond acceptors (Lipinski definition) is 2. The molecule has 0 saturated heterocycles. The van der Waals surface area contributed by atoms with Gasteiger partial charge < -0.3 is 9.84 Å². The molecular formula is C7H14O2. The van der Waals surface area contributed by atoms with Crippen LogP contribution in [0.25, 0.3) is 0 Å². The van der Waals surface area contributed by atoms with E-state index in [1.807, 2.05) is 0 Å². The fourth-order valence-electron chi connectivity index (χ4n) is 1.41. The van der Waals surface area contributed by atoms with Crippen molar-refractivity contribution in [1.29, 1.82) is 0 Å². The maximum absolute atomic E-state index is 8.72. The molecule has 2 heteroatoms. The largest absolute Gasteiger partial charge is 0.396 e. The summed E-state index contributed by atoms with van der Waals surface area (Å²) in [6.45, 7) is 0.333. The maximum atomic E-state index is 8.72. The molecule has 9 heavy (non-hydrogen) atoms. The third kappa shape index (κ3) is 1.66. The van der Waals surface area contributed by atoms with Crippen molar-refractivity contribution in [2.24, 2.45) is 5.92 Å². The molecule has 0 unspecified atom stereocenters. The molecule has 0 heterocycles. The van der Waals surface area contributed by atoms with Crippen molar-refractivity contribution < 1.29 is 9.84 Å². The lowest BCUT2D eigenvalue weighted by Gasteiger charge is -2.05. The summed E-state index contributed by atoms with van der Waals surface area (Å²) in [5.74, 6) is 0.509. The van der Waals surface area contributed by atoms with Crippen molar-refractivity contribution in [2.45, 2.75) is 25.4 Å². The third-order valence-corrected chi connectivity index (χ3v) is 2.08. The molecule has 0 aromatic rings. The molecule has 1 saturated carbocycles. The Kier molecular flexibility index (Phi) is 2.49. The van der Waals surface area contributed by atoms with Crippen LogP contribution in [0.5, 0.6) is 0 Å². The minimum Gasteiger partial charge on any atom is -0.396 e. The van der Waals surface area contributed by atoms with E-state index in [1.165, 1.54) is 0 Å². The number of aliphatic hydroxyl groups excluding tert-OH is 1. The fraction of sp³-hybridized carbons (Fsp3) is 1.00. The number of hydrogen-bond donors (Lipinski definition) is 1. The van der Waals surface area contributed by atoms with Gasteiger partial charge in [0, 0.05) is 13.7 Å². The Morgan fingerprint density at radius 1 is 1.56 bits per heavy atom. The van der Waals surface area contributed by atoms with Crippen LogP contribution in [0.4, 0.5) is 0 Å². The Morgan fingerprint density at radius 3 is 2.67 bits per heavy atom. The molecule has 1 aliphatic carbocycles. The van der Waals surface area contributed by atoms with E-state index in [1.54, 1.807) is 7.11 Å². The topological polar surface area (TPSA) is 29.5 Å². The molecule has 1 fully saturated rings. The third-order valence-electron chi connectivity index (χ3n) is 2.08. The normalized spacial score (nSPS) is 35.3. The summed E-state index contributed by atoms with van der Waals surface area (Å²) in [6, 6.07) is 0. The highest BCUT2D eigenvalue weighted by Crippen LogP contribution is 2.26. The van der Waals surface area contributed by atoms with Gasteiger partial charge in [0.25, 0.3) is 0 Å². The van der Waals surface area contributed by atoms with Gasteiger partial charge in [0.05, 0.1) is 6.10 Å². The van der Waals surface area contributed by atoms with Gasteiger partial charge >= 0.3 is 0 Å². The highest BCUT2D eigenvalue weighted by Gasteiger charge is 2.22. The van der Waals surface area contributed by atoms with Gasteiger partial charge in [-0.3, -0.25) is 0 Å². The van der Waals surface area contributed by atoms with Gasteiger partial charge in [-0.25, -0.2) is 0 Å². The van der Waals surface area contributed by atoms with Crippen LogP contribution in [0.1, 0.15) is 19.3 Å². The van der Waals surface area contributed by atoms with Gasteiger partial charge in [-0.1, -0.05) is 0 Å². The van der Waals surface area contributed by atoms with E-state index in [0.29, 0.717) is 18.6 Å². The highest BCUT2D eigenvalue weighted by atomic mass is 16.5. The van der Waals surface area contributed by atoms with Crippen molar-refractivity contribution in [3.05, 3.63) is 0 Å². The van der Waals surface area contributed by atoms with Gasteiger partial charge in [-0.15, -0.1) is 0 Å². The molecule has 1 rings (SSSR count). The number of methoxy groups -OCH3 is 1. The number of ether oxygens (including phenoxy) is 1. The second-order valence-electron chi connectivity index (χ2n) is 2.72. The van der Waals surface area contributed by atoms with E-state index in [4.69, 9.17) is 9.84 Å². The molecule has 2 atom stereocenters. The SMILES string of the molecule is CO[C@@H]1CC[C@H](CO)C1. The van der Waals surface area contributed by atoms with Crippen molar-refractivity contribution in [1.82, 2.24) is 0 Å². The van der Waals surface area contributed by atoms with Gasteiger partial charge in [0.1, 0.15) is 0 Å². The van der Waals surface area contributed by atoms with Crippen LogP contribution in [-0.2, 0) is 4.74 Å². The molecule has 1 aliphatic rings. The first kappa shape index (κ1) is 7.03. The highest BCUT2D eigenvalue weighted by molar-refractivity contribution is 4.74. The second kappa shape index (κ2) is 3.18. The zero-order valence-electron chi connectivity index (χ0n) is 5.84. The summed E-state index contributed by atoms with van der Waals surface area (Å²) >= 11 is 0. The molecule has 0 bridgehead atoms. The van der Waals surface area contributed by atoms with Gasteiger partial charge in [0.15, 0.2) is 0 Å². The van der Waals surface area contributed by atoms with Crippen LogP contribution in [-0.4, -0.2) is 24.9 Å². The molecule has 0 spiro atoms. The standard InChI is InChI=1S/C7H14O2/c1-9-7-3-2-6(4-7)5-8/h6-8H,2-5H2,1H3/t6-,7+/m0/s1. The summed E-state index contributed by atoms with van der Waals surface area (Å²) in [7, 11) is 1.74. The molecule has 1 N–H and O–H groups in total. The summed E-state index contributed by atoms with van der Waals surface area (Å²) < 4.78 is 5.13. The van der Waals surface area contributed by atoms with Crippen LogP contribution in [0.3, 0.4) is 0 Å². The van der Waals surface area contributed by atoms with Crippen LogP contribution in [0.15, 0.2) is 0 Å². The van der Waals surface area contributed by atoms with Gasteiger partial charge in [-0.2, -0.15) is 0 Å². The van der Waals surface area contributed by atoms with E-state index in [0.717, 1.165) is 19.3 Å². The molecule has 0 amide bonds. The smallest absolute Gasteiger partial charge is 0.0575 e. The van der Waals surface area contributed by atoms with Crippen LogP contribution in [0.2, 0.25) is 0 Å². The van der Waals surface area contributed by atoms with Crippen molar-refractivity contribution in [2.75, 3.05) is 13.7 Å². The summed E-state index contributed by atoms with van der Waals surface area (Å²) in [4.78, 5) is 0. The van der Waals surface area contributed by atoms with E-state index in [2.05, 4.69) is 0 Å². The maximum Gasteiger partial charge on any atom is 0.0575 e. The van der Waals surface area contributed by atoms with Crippen LogP contribution in [0, 0.1) is 5.92 Å². The second-order valence-corrected chi connectivity index (χ2v) is 2.72. The average molecular weight is 130 g/mol. The Bertz CT molecular complexity index is 73.0. The summed E-state index contributed by atoms with van der Waals surface area (Å²) in [5, 5.41) is 8.72. The van der Waals surface area contributed by atoms with Crippen LogP contribution >= 0.6 is 0 Å². The number of rotatable bonds is 2. The lowest BCUT2D eigenvalue weighted by atomic mass is 10.1. The zero-order chi connectivity index (χ0) is 6.69. The molecule has 54 valence electrons. The van der Waals surface area contributed by atoms with E-state index in [9.17, 15) is 0 Å². The molecule has 0 radical (unpaired) electrons. The Balaban J connectivity index is 2.20. The molecule has 0 aromatic carbocycles. The van der Waals surface area contributed by atoms with Gasteiger partial charge in [-0.05, 0) is 25.2 Å². The minimum absolute atomic E-state index is 0.333. The summed E-state index contributed by atoms with van der Waals surface area (Å²) in [5.41, 5.74) is 0. The predicted molar refractivity (Wildman–Crippen MR) is 35.2 cm³/mol. The first-order chi connectivity index (χ1) is 4.36. The fourth-order valence-corrected chi connectivity index (χ4v) is 1.41. The average Bonchev–Trinajstić information content (AvgIpc) is 2.34. The Morgan fingerprint density at radius 2 is 2.33 bits per heavy atom. The zero-order valence-corrected chi connectivity index (χ0v) is 5.84. The quantitative estimate of drug-likeness (QED) is 0.599. The van der Waals surface area contributed by atoms with Crippen molar-refractivity contribution in [3.63, 3.8) is 0 Å². The molecule has 2 nitrogen and oxygen atoms in total. The van der Waals surface area contributed by atoms with Crippen molar-refractivity contribution >= 4 is 0 Å². The Hall–Kier alpha value is -0.0800. The number of aliphatic hydroxyl groups is 1. The predicted octanol–water partition coefficient (Wildman–Crippen LogP) is 0.794.